The fraction of sp³-hybridized carbons (Fsp3) is 0.625. The van der Waals surface area contributed by atoms with E-state index in [0.29, 0.717) is 0 Å². The molecule has 0 aliphatic rings. The summed E-state index contributed by atoms with van der Waals surface area (Å²) in [6.45, 7) is 2.10. The van der Waals surface area contributed by atoms with Gasteiger partial charge in [-0.1, -0.05) is 0 Å². The van der Waals surface area contributed by atoms with Gasteiger partial charge in [0.05, 0.1) is 6.20 Å². The van der Waals surface area contributed by atoms with E-state index in [-0.39, 0.29) is 0 Å². The molecule has 1 radical (unpaired) electrons. The summed E-state index contributed by atoms with van der Waals surface area (Å²) in [4.78, 5) is 2.17. The van der Waals surface area contributed by atoms with Crippen molar-refractivity contribution in [2.24, 2.45) is 0 Å². The Labute approximate surface area is 67.6 Å². The molecule has 0 unspecified atom stereocenters. The summed E-state index contributed by atoms with van der Waals surface area (Å²) < 4.78 is 1.91. The zero-order chi connectivity index (χ0) is 8.10. The van der Waals surface area contributed by atoms with E-state index in [1.807, 2.05) is 10.9 Å². The van der Waals surface area contributed by atoms with Gasteiger partial charge in [0, 0.05) is 18.8 Å². The zero-order valence-electron chi connectivity index (χ0n) is 7.12. The van der Waals surface area contributed by atoms with E-state index in [0.717, 1.165) is 19.5 Å². The van der Waals surface area contributed by atoms with Crippen LogP contribution in [0.4, 0.5) is 0 Å². The molecule has 0 amide bonds. The molecule has 0 aliphatic carbocycles. The lowest BCUT2D eigenvalue weighted by atomic mass is 10.4. The molecule has 0 bridgehead atoms. The van der Waals surface area contributed by atoms with Gasteiger partial charge in [0.1, 0.15) is 0 Å². The molecule has 0 saturated carbocycles. The predicted molar refractivity (Wildman–Crippen MR) is 44.2 cm³/mol. The predicted octanol–water partition coefficient (Wildman–Crippen LogP) is 0.635. The SMILES string of the molecule is CN(C)CCCn1c[c]cn1. The highest BCUT2D eigenvalue weighted by atomic mass is 15.3. The highest BCUT2D eigenvalue weighted by Gasteiger charge is 1.91. The first-order valence-corrected chi connectivity index (χ1v) is 3.82. The largest absolute Gasteiger partial charge is 0.309 e. The van der Waals surface area contributed by atoms with Gasteiger partial charge < -0.3 is 4.90 Å². The molecule has 0 fully saturated rings. The van der Waals surface area contributed by atoms with E-state index >= 15 is 0 Å². The van der Waals surface area contributed by atoms with Crippen LogP contribution in [0.3, 0.4) is 0 Å². The molecule has 1 aromatic rings. The van der Waals surface area contributed by atoms with Crippen molar-refractivity contribution in [1.29, 1.82) is 0 Å². The summed E-state index contributed by atoms with van der Waals surface area (Å²) in [5.74, 6) is 0. The highest BCUT2D eigenvalue weighted by Crippen LogP contribution is 1.89. The van der Waals surface area contributed by atoms with Crippen molar-refractivity contribution in [3.8, 4) is 0 Å². The minimum Gasteiger partial charge on any atom is -0.309 e. The summed E-state index contributed by atoms with van der Waals surface area (Å²) in [5.41, 5.74) is 0. The molecule has 0 atom stereocenters. The molecule has 0 spiro atoms. The third-order valence-electron chi connectivity index (χ3n) is 1.50. The highest BCUT2D eigenvalue weighted by molar-refractivity contribution is 4.74. The Kier molecular flexibility index (Phi) is 3.11. The van der Waals surface area contributed by atoms with Crippen LogP contribution in [-0.4, -0.2) is 35.3 Å². The molecule has 1 rings (SSSR count). The monoisotopic (exact) mass is 152 g/mol. The van der Waals surface area contributed by atoms with Crippen LogP contribution in [0, 0.1) is 6.07 Å². The maximum absolute atomic E-state index is 4.06. The molecule has 0 aliphatic heterocycles. The first-order chi connectivity index (χ1) is 5.29. The van der Waals surface area contributed by atoms with E-state index in [4.69, 9.17) is 0 Å². The molecule has 61 valence electrons. The molecular formula is C8H14N3. The maximum Gasteiger partial charge on any atom is 0.0569 e. The van der Waals surface area contributed by atoms with Gasteiger partial charge in [-0.15, -0.1) is 0 Å². The average Bonchev–Trinajstić information content (AvgIpc) is 2.39. The summed E-state index contributed by atoms with van der Waals surface area (Å²) >= 11 is 0. The number of hydrogen-bond donors (Lipinski definition) is 0. The molecule has 11 heavy (non-hydrogen) atoms. The second kappa shape index (κ2) is 4.13. The van der Waals surface area contributed by atoms with Crippen LogP contribution in [0.25, 0.3) is 0 Å². The van der Waals surface area contributed by atoms with Gasteiger partial charge in [-0.3, -0.25) is 4.68 Å². The van der Waals surface area contributed by atoms with Crippen LogP contribution in [0.1, 0.15) is 6.42 Å². The topological polar surface area (TPSA) is 21.1 Å². The number of aryl methyl sites for hydroxylation is 1. The number of rotatable bonds is 4. The molecule has 3 nitrogen and oxygen atoms in total. The van der Waals surface area contributed by atoms with E-state index in [9.17, 15) is 0 Å². The molecule has 1 aromatic heterocycles. The van der Waals surface area contributed by atoms with Crippen molar-refractivity contribution in [1.82, 2.24) is 14.7 Å². The minimum absolute atomic E-state index is 0.988. The van der Waals surface area contributed by atoms with Crippen molar-refractivity contribution in [2.75, 3.05) is 20.6 Å². The van der Waals surface area contributed by atoms with Crippen LogP contribution in [0.15, 0.2) is 12.4 Å². The third-order valence-corrected chi connectivity index (χ3v) is 1.50. The van der Waals surface area contributed by atoms with Gasteiger partial charge >= 0.3 is 0 Å². The van der Waals surface area contributed by atoms with Crippen LogP contribution in [-0.2, 0) is 6.54 Å². The standard InChI is InChI=1S/C8H14N3/c1-10(2)6-4-8-11-7-3-5-9-11/h5,7H,4,6,8H2,1-2H3. The lowest BCUT2D eigenvalue weighted by Gasteiger charge is -2.08. The van der Waals surface area contributed by atoms with Crippen molar-refractivity contribution < 1.29 is 0 Å². The quantitative estimate of drug-likeness (QED) is 0.631. The summed E-state index contributed by atoms with van der Waals surface area (Å²) in [5, 5.41) is 4.06. The van der Waals surface area contributed by atoms with Crippen molar-refractivity contribution >= 4 is 0 Å². The number of nitrogens with zero attached hydrogens (tertiary/aromatic N) is 3. The van der Waals surface area contributed by atoms with E-state index in [2.05, 4.69) is 30.2 Å². The number of hydrogen-bond acceptors (Lipinski definition) is 2. The van der Waals surface area contributed by atoms with Crippen LogP contribution in [0.2, 0.25) is 0 Å². The second-order valence-electron chi connectivity index (χ2n) is 2.86. The molecular weight excluding hydrogens is 138 g/mol. The van der Waals surface area contributed by atoms with E-state index < -0.39 is 0 Å². The summed E-state index contributed by atoms with van der Waals surface area (Å²) in [7, 11) is 4.16. The third kappa shape index (κ3) is 3.18. The first kappa shape index (κ1) is 8.27. The summed E-state index contributed by atoms with van der Waals surface area (Å²) in [6.07, 6.45) is 4.70. The lowest BCUT2D eigenvalue weighted by Crippen LogP contribution is -2.15. The molecule has 3 heteroatoms. The minimum atomic E-state index is 0.988. The molecule has 0 saturated heterocycles. The molecule has 1 heterocycles. The molecule has 0 aromatic carbocycles. The smallest absolute Gasteiger partial charge is 0.0569 e. The van der Waals surface area contributed by atoms with Gasteiger partial charge in [-0.2, -0.15) is 5.10 Å². The Hall–Kier alpha value is -0.830. The Morgan fingerprint density at radius 3 is 2.91 bits per heavy atom. The number of aromatic nitrogens is 2. The van der Waals surface area contributed by atoms with Crippen LogP contribution in [0.5, 0.6) is 0 Å². The molecule has 0 N–H and O–H groups in total. The maximum atomic E-state index is 4.06. The van der Waals surface area contributed by atoms with Crippen molar-refractivity contribution in [3.05, 3.63) is 18.5 Å². The van der Waals surface area contributed by atoms with Gasteiger partial charge in [0.15, 0.2) is 0 Å². The lowest BCUT2D eigenvalue weighted by molar-refractivity contribution is 0.380. The Bertz CT molecular complexity index is 179. The van der Waals surface area contributed by atoms with Gasteiger partial charge in [-0.05, 0) is 27.1 Å². The summed E-state index contributed by atoms with van der Waals surface area (Å²) in [6, 6.07) is 2.91. The fourth-order valence-electron chi connectivity index (χ4n) is 0.931. The Balaban J connectivity index is 2.14. The van der Waals surface area contributed by atoms with E-state index in [1.165, 1.54) is 0 Å². The Morgan fingerprint density at radius 1 is 1.55 bits per heavy atom. The van der Waals surface area contributed by atoms with Crippen molar-refractivity contribution in [2.45, 2.75) is 13.0 Å². The zero-order valence-corrected chi connectivity index (χ0v) is 7.12. The second-order valence-corrected chi connectivity index (χ2v) is 2.86. The average molecular weight is 152 g/mol. The normalized spacial score (nSPS) is 10.8. The van der Waals surface area contributed by atoms with Gasteiger partial charge in [-0.25, -0.2) is 0 Å². The first-order valence-electron chi connectivity index (χ1n) is 3.82. The van der Waals surface area contributed by atoms with E-state index in [1.54, 1.807) is 6.20 Å². The van der Waals surface area contributed by atoms with Crippen molar-refractivity contribution in [3.63, 3.8) is 0 Å². The van der Waals surface area contributed by atoms with Crippen LogP contribution >= 0.6 is 0 Å². The van der Waals surface area contributed by atoms with Crippen LogP contribution < -0.4 is 0 Å². The van der Waals surface area contributed by atoms with Gasteiger partial charge in [0.2, 0.25) is 0 Å². The Morgan fingerprint density at radius 2 is 2.36 bits per heavy atom. The van der Waals surface area contributed by atoms with Gasteiger partial charge in [0.25, 0.3) is 0 Å². The fourth-order valence-corrected chi connectivity index (χ4v) is 0.931.